The molecule has 0 aliphatic carbocycles. The van der Waals surface area contributed by atoms with Crippen molar-refractivity contribution in [1.29, 1.82) is 0 Å². The van der Waals surface area contributed by atoms with Gasteiger partial charge in [-0.2, -0.15) is 5.10 Å². The van der Waals surface area contributed by atoms with Crippen molar-refractivity contribution in [2.75, 3.05) is 20.3 Å². The second kappa shape index (κ2) is 7.63. The second-order valence-corrected chi connectivity index (χ2v) is 4.26. The van der Waals surface area contributed by atoms with Crippen LogP contribution in [0.5, 0.6) is 11.5 Å². The van der Waals surface area contributed by atoms with Crippen LogP contribution in [0.3, 0.4) is 0 Å². The van der Waals surface area contributed by atoms with Gasteiger partial charge < -0.3 is 20.1 Å². The van der Waals surface area contributed by atoms with Gasteiger partial charge in [0.25, 0.3) is 0 Å². The van der Waals surface area contributed by atoms with Gasteiger partial charge in [-0.15, -0.1) is 0 Å². The number of hydrazone groups is 1. The summed E-state index contributed by atoms with van der Waals surface area (Å²) in [4.78, 5) is 11.1. The predicted molar refractivity (Wildman–Crippen MR) is 74.6 cm³/mol. The molecule has 0 spiro atoms. The van der Waals surface area contributed by atoms with Gasteiger partial charge in [0.05, 0.1) is 24.4 Å². The molecule has 19 heavy (non-hydrogen) atoms. The molecule has 104 valence electrons. The van der Waals surface area contributed by atoms with Crippen LogP contribution < -0.4 is 15.3 Å². The van der Waals surface area contributed by atoms with Gasteiger partial charge in [-0.25, -0.2) is 4.79 Å². The van der Waals surface area contributed by atoms with Crippen LogP contribution in [0.4, 0.5) is 0 Å². The Hall–Kier alpha value is -1.76. The number of halogens is 1. The lowest BCUT2D eigenvalue weighted by atomic mass is 10.2. The number of esters is 1. The summed E-state index contributed by atoms with van der Waals surface area (Å²) in [6.07, 6.45) is 1.48. The monoisotopic (exact) mass is 330 g/mol. The van der Waals surface area contributed by atoms with Gasteiger partial charge >= 0.3 is 5.97 Å². The molecule has 2 N–H and O–H groups in total. The van der Waals surface area contributed by atoms with E-state index in [-0.39, 0.29) is 6.61 Å². The molecule has 1 aromatic carbocycles. The van der Waals surface area contributed by atoms with Gasteiger partial charge in [-0.1, -0.05) is 0 Å². The third kappa shape index (κ3) is 4.44. The first-order chi connectivity index (χ1) is 9.12. The SMILES string of the molecule is CCOc1cc(C=NN)cc(Br)c1OCC(=O)OC. The highest BCUT2D eigenvalue weighted by molar-refractivity contribution is 9.10. The highest BCUT2D eigenvalue weighted by Gasteiger charge is 2.13. The van der Waals surface area contributed by atoms with Crippen LogP contribution in [0.15, 0.2) is 21.7 Å². The first kappa shape index (κ1) is 15.3. The van der Waals surface area contributed by atoms with Crippen LogP contribution in [0.25, 0.3) is 0 Å². The molecule has 0 bridgehead atoms. The van der Waals surface area contributed by atoms with E-state index in [1.165, 1.54) is 13.3 Å². The van der Waals surface area contributed by atoms with Gasteiger partial charge in [-0.05, 0) is 40.5 Å². The number of carbonyl (C=O) groups is 1. The topological polar surface area (TPSA) is 83.1 Å². The number of methoxy groups -OCH3 is 1. The van der Waals surface area contributed by atoms with Gasteiger partial charge in [0.15, 0.2) is 18.1 Å². The molecule has 0 fully saturated rings. The minimum absolute atomic E-state index is 0.195. The van der Waals surface area contributed by atoms with Crippen molar-refractivity contribution in [3.8, 4) is 11.5 Å². The summed E-state index contributed by atoms with van der Waals surface area (Å²) in [7, 11) is 1.30. The Morgan fingerprint density at radius 2 is 2.21 bits per heavy atom. The van der Waals surface area contributed by atoms with Crippen molar-refractivity contribution in [1.82, 2.24) is 0 Å². The van der Waals surface area contributed by atoms with Gasteiger partial charge in [-0.3, -0.25) is 0 Å². The maximum absolute atomic E-state index is 11.1. The maximum atomic E-state index is 11.1. The van der Waals surface area contributed by atoms with Gasteiger partial charge in [0.2, 0.25) is 0 Å². The number of rotatable bonds is 6. The minimum atomic E-state index is -0.470. The fourth-order valence-corrected chi connectivity index (χ4v) is 1.92. The van der Waals surface area contributed by atoms with Gasteiger partial charge in [0, 0.05) is 0 Å². The number of hydrogen-bond acceptors (Lipinski definition) is 6. The average molecular weight is 331 g/mol. The largest absolute Gasteiger partial charge is 0.490 e. The molecule has 0 unspecified atom stereocenters. The molecule has 0 aromatic heterocycles. The molecule has 7 heteroatoms. The zero-order valence-corrected chi connectivity index (χ0v) is 12.3. The van der Waals surface area contributed by atoms with E-state index in [1.54, 1.807) is 12.1 Å². The van der Waals surface area contributed by atoms with Crippen molar-refractivity contribution in [3.63, 3.8) is 0 Å². The standard InChI is InChI=1S/C12H15BrN2O4/c1-3-18-10-5-8(6-15-14)4-9(13)12(10)19-7-11(16)17-2/h4-6H,3,7,14H2,1-2H3. The van der Waals surface area contributed by atoms with E-state index in [2.05, 4.69) is 25.8 Å². The Kier molecular flexibility index (Phi) is 6.14. The first-order valence-corrected chi connectivity index (χ1v) is 6.30. The normalized spacial score (nSPS) is 10.5. The van der Waals surface area contributed by atoms with Crippen LogP contribution >= 0.6 is 15.9 Å². The van der Waals surface area contributed by atoms with Crippen molar-refractivity contribution in [3.05, 3.63) is 22.2 Å². The lowest BCUT2D eigenvalue weighted by Crippen LogP contribution is -2.13. The summed E-state index contributed by atoms with van der Waals surface area (Å²) < 4.78 is 16.0. The number of carbonyl (C=O) groups excluding carboxylic acids is 1. The molecule has 1 rings (SSSR count). The van der Waals surface area contributed by atoms with E-state index in [1.807, 2.05) is 6.92 Å². The Bertz CT molecular complexity index is 477. The molecule has 1 aromatic rings. The van der Waals surface area contributed by atoms with Crippen molar-refractivity contribution >= 4 is 28.1 Å². The number of benzene rings is 1. The smallest absolute Gasteiger partial charge is 0.343 e. The molecule has 0 amide bonds. The Morgan fingerprint density at radius 3 is 2.79 bits per heavy atom. The molecule has 0 heterocycles. The molecule has 0 saturated carbocycles. The van der Waals surface area contributed by atoms with Crippen LogP contribution in [0.2, 0.25) is 0 Å². The summed E-state index contributed by atoms with van der Waals surface area (Å²) in [5, 5.41) is 3.45. The average Bonchev–Trinajstić information content (AvgIpc) is 2.38. The quantitative estimate of drug-likeness (QED) is 0.371. The molecule has 0 saturated heterocycles. The molecule has 0 atom stereocenters. The molecule has 6 nitrogen and oxygen atoms in total. The van der Waals surface area contributed by atoms with E-state index < -0.39 is 5.97 Å². The lowest BCUT2D eigenvalue weighted by Gasteiger charge is -2.13. The fraction of sp³-hybridized carbons (Fsp3) is 0.333. The maximum Gasteiger partial charge on any atom is 0.343 e. The summed E-state index contributed by atoms with van der Waals surface area (Å²) in [6, 6.07) is 3.47. The van der Waals surface area contributed by atoms with Crippen LogP contribution in [0.1, 0.15) is 12.5 Å². The summed E-state index contributed by atoms with van der Waals surface area (Å²) in [6.45, 7) is 2.12. The Balaban J connectivity index is 3.03. The van der Waals surface area contributed by atoms with Crippen LogP contribution in [-0.4, -0.2) is 32.5 Å². The highest BCUT2D eigenvalue weighted by atomic mass is 79.9. The fourth-order valence-electron chi connectivity index (χ4n) is 1.34. The molecular formula is C12H15BrN2O4. The predicted octanol–water partition coefficient (Wildman–Crippen LogP) is 1.69. The Labute approximate surface area is 119 Å². The van der Waals surface area contributed by atoms with Crippen LogP contribution in [0, 0.1) is 0 Å². The van der Waals surface area contributed by atoms with E-state index >= 15 is 0 Å². The molecule has 0 radical (unpaired) electrons. The highest BCUT2D eigenvalue weighted by Crippen LogP contribution is 2.36. The second-order valence-electron chi connectivity index (χ2n) is 3.41. The summed E-state index contributed by atoms with van der Waals surface area (Å²) >= 11 is 3.35. The zero-order valence-electron chi connectivity index (χ0n) is 10.7. The molecule has 0 aliphatic rings. The number of ether oxygens (including phenoxy) is 3. The molecule has 0 aliphatic heterocycles. The van der Waals surface area contributed by atoms with E-state index in [0.29, 0.717) is 22.6 Å². The lowest BCUT2D eigenvalue weighted by molar-refractivity contribution is -0.142. The minimum Gasteiger partial charge on any atom is -0.490 e. The Morgan fingerprint density at radius 1 is 1.47 bits per heavy atom. The third-order valence-electron chi connectivity index (χ3n) is 2.12. The summed E-state index contributed by atoms with van der Waals surface area (Å²) in [5.41, 5.74) is 0.753. The zero-order chi connectivity index (χ0) is 14.3. The number of nitrogens with two attached hydrogens (primary N) is 1. The number of nitrogens with zero attached hydrogens (tertiary/aromatic N) is 1. The molecular weight excluding hydrogens is 316 g/mol. The summed E-state index contributed by atoms with van der Waals surface area (Å²) in [5.74, 6) is 5.57. The van der Waals surface area contributed by atoms with E-state index in [0.717, 1.165) is 5.56 Å². The van der Waals surface area contributed by atoms with Crippen molar-refractivity contribution in [2.45, 2.75) is 6.92 Å². The number of hydrogen-bond donors (Lipinski definition) is 1. The van der Waals surface area contributed by atoms with Crippen molar-refractivity contribution < 1.29 is 19.0 Å². The van der Waals surface area contributed by atoms with Gasteiger partial charge in [0.1, 0.15) is 0 Å². The third-order valence-corrected chi connectivity index (χ3v) is 2.71. The van der Waals surface area contributed by atoms with E-state index in [4.69, 9.17) is 15.3 Å². The van der Waals surface area contributed by atoms with Crippen LogP contribution in [-0.2, 0) is 9.53 Å². The van der Waals surface area contributed by atoms with E-state index in [9.17, 15) is 4.79 Å². The first-order valence-electron chi connectivity index (χ1n) is 5.51. The van der Waals surface area contributed by atoms with Crippen molar-refractivity contribution in [2.24, 2.45) is 10.9 Å².